The van der Waals surface area contributed by atoms with Crippen molar-refractivity contribution in [3.8, 4) is 5.88 Å². The van der Waals surface area contributed by atoms with E-state index in [0.29, 0.717) is 5.52 Å². The van der Waals surface area contributed by atoms with Crippen molar-refractivity contribution in [3.05, 3.63) is 30.3 Å². The summed E-state index contributed by atoms with van der Waals surface area (Å²) in [6.07, 6.45) is 1.63. The summed E-state index contributed by atoms with van der Waals surface area (Å²) in [5.74, 6) is -0.0776. The van der Waals surface area contributed by atoms with E-state index in [4.69, 9.17) is 0 Å². The molecular weight excluding hydrogens is 154 g/mol. The number of hydrogen-bond donors (Lipinski definition) is 1. The van der Waals surface area contributed by atoms with Crippen LogP contribution in [0, 0.1) is 0 Å². The normalized spacial score (nSPS) is 10.3. The van der Waals surface area contributed by atoms with E-state index in [1.807, 2.05) is 12.1 Å². The Morgan fingerprint density at radius 1 is 1.33 bits per heavy atom. The second-order valence-corrected chi connectivity index (χ2v) is 2.49. The smallest absolute Gasteiger partial charge is 0.324 e. The summed E-state index contributed by atoms with van der Waals surface area (Å²) in [4.78, 5) is 10.4. The molecule has 12 heavy (non-hydrogen) atoms. The molecule has 1 aromatic heterocycles. The van der Waals surface area contributed by atoms with E-state index in [2.05, 4.69) is 0 Å². The monoisotopic (exact) mass is 160 g/mol. The molecule has 0 aliphatic heterocycles. The van der Waals surface area contributed by atoms with Crippen LogP contribution in [0.3, 0.4) is 0 Å². The number of hydrogen-bond acceptors (Lipinski definition) is 2. The quantitative estimate of drug-likeness (QED) is 0.682. The number of nitrogens with zero attached hydrogens (tertiary/aromatic N) is 1. The van der Waals surface area contributed by atoms with Crippen LogP contribution >= 0.6 is 0 Å². The Morgan fingerprint density at radius 3 is 2.83 bits per heavy atom. The maximum absolute atomic E-state index is 10.4. The molecule has 0 bridgehead atoms. The third kappa shape index (κ3) is 0.797. The van der Waals surface area contributed by atoms with E-state index in [1.165, 1.54) is 6.07 Å². The van der Waals surface area contributed by atoms with Gasteiger partial charge in [0.05, 0.1) is 5.52 Å². The first-order valence-corrected chi connectivity index (χ1v) is 3.50. The number of carbonyl (C=O) groups excluding carboxylic acids is 1. The summed E-state index contributed by atoms with van der Waals surface area (Å²) in [7, 11) is 0. The minimum Gasteiger partial charge on any atom is -0.494 e. The van der Waals surface area contributed by atoms with Crippen LogP contribution in [0.5, 0.6) is 5.88 Å². The SMILES string of the molecule is O=[C]n1c(O)cc2ccccc21. The van der Waals surface area contributed by atoms with Crippen LogP contribution in [-0.2, 0) is 4.79 Å². The lowest BCUT2D eigenvalue weighted by atomic mass is 10.2. The summed E-state index contributed by atoms with van der Waals surface area (Å²) in [6.45, 7) is 0. The lowest BCUT2D eigenvalue weighted by molar-refractivity contribution is 0.442. The summed E-state index contributed by atoms with van der Waals surface area (Å²) < 4.78 is 1.08. The Kier molecular flexibility index (Phi) is 1.37. The van der Waals surface area contributed by atoms with Gasteiger partial charge in [0.15, 0.2) is 5.88 Å². The first kappa shape index (κ1) is 6.91. The number of aromatic nitrogens is 1. The van der Waals surface area contributed by atoms with Gasteiger partial charge in [0.2, 0.25) is 0 Å². The van der Waals surface area contributed by atoms with Crippen molar-refractivity contribution < 1.29 is 9.90 Å². The highest BCUT2D eigenvalue weighted by Crippen LogP contribution is 2.22. The van der Waals surface area contributed by atoms with Gasteiger partial charge in [-0.3, -0.25) is 4.79 Å². The van der Waals surface area contributed by atoms with Crippen LogP contribution in [0.2, 0.25) is 0 Å². The zero-order chi connectivity index (χ0) is 8.55. The molecule has 0 atom stereocenters. The highest BCUT2D eigenvalue weighted by molar-refractivity contribution is 5.87. The number of fused-ring (bicyclic) bond motifs is 1. The van der Waals surface area contributed by atoms with Crippen molar-refractivity contribution >= 4 is 17.3 Å². The van der Waals surface area contributed by atoms with Gasteiger partial charge >= 0.3 is 6.41 Å². The predicted molar refractivity (Wildman–Crippen MR) is 44.7 cm³/mol. The Labute approximate surface area is 68.9 Å². The maximum Gasteiger partial charge on any atom is 0.324 e. The van der Waals surface area contributed by atoms with Crippen molar-refractivity contribution in [2.45, 2.75) is 0 Å². The molecule has 0 fully saturated rings. The first-order chi connectivity index (χ1) is 5.83. The Morgan fingerprint density at radius 2 is 2.08 bits per heavy atom. The summed E-state index contributed by atoms with van der Waals surface area (Å²) in [5.41, 5.74) is 0.671. The maximum atomic E-state index is 10.4. The lowest BCUT2D eigenvalue weighted by Crippen LogP contribution is -1.91. The third-order valence-corrected chi connectivity index (χ3v) is 1.78. The topological polar surface area (TPSA) is 42.2 Å². The molecule has 2 aromatic rings. The van der Waals surface area contributed by atoms with E-state index in [-0.39, 0.29) is 5.88 Å². The molecule has 3 heteroatoms. The van der Waals surface area contributed by atoms with Gasteiger partial charge in [-0.1, -0.05) is 18.2 Å². The summed E-state index contributed by atoms with van der Waals surface area (Å²) >= 11 is 0. The van der Waals surface area contributed by atoms with Gasteiger partial charge in [-0.05, 0) is 6.07 Å². The largest absolute Gasteiger partial charge is 0.494 e. The van der Waals surface area contributed by atoms with E-state index in [0.717, 1.165) is 9.95 Å². The van der Waals surface area contributed by atoms with Gasteiger partial charge < -0.3 is 5.11 Å². The second kappa shape index (κ2) is 2.37. The van der Waals surface area contributed by atoms with Crippen LogP contribution in [0.15, 0.2) is 30.3 Å². The van der Waals surface area contributed by atoms with Crippen molar-refractivity contribution in [3.63, 3.8) is 0 Å². The molecule has 59 valence electrons. The van der Waals surface area contributed by atoms with Gasteiger partial charge in [0.1, 0.15) is 0 Å². The summed E-state index contributed by atoms with van der Waals surface area (Å²) in [6, 6.07) is 8.75. The number of aromatic hydroxyl groups is 1. The van der Waals surface area contributed by atoms with E-state index >= 15 is 0 Å². The molecule has 0 spiro atoms. The Bertz CT molecular complexity index is 431. The average molecular weight is 160 g/mol. The minimum absolute atomic E-state index is 0.0776. The Hall–Kier alpha value is -1.77. The Balaban J connectivity index is 2.90. The molecular formula is C9H6NO2. The molecule has 1 aromatic carbocycles. The van der Waals surface area contributed by atoms with E-state index in [9.17, 15) is 9.90 Å². The molecule has 0 amide bonds. The van der Waals surface area contributed by atoms with Gasteiger partial charge in [-0.25, -0.2) is 4.57 Å². The molecule has 1 N–H and O–H groups in total. The molecule has 1 heterocycles. The summed E-state index contributed by atoms with van der Waals surface area (Å²) in [5, 5.41) is 10.1. The van der Waals surface area contributed by atoms with Gasteiger partial charge in [0, 0.05) is 11.5 Å². The highest BCUT2D eigenvalue weighted by atomic mass is 16.3. The number of para-hydroxylation sites is 1. The first-order valence-electron chi connectivity index (χ1n) is 3.50. The number of benzene rings is 1. The average Bonchev–Trinajstić information content (AvgIpc) is 2.40. The molecule has 0 saturated heterocycles. The minimum atomic E-state index is -0.0776. The van der Waals surface area contributed by atoms with Crippen LogP contribution in [0.1, 0.15) is 0 Å². The van der Waals surface area contributed by atoms with Crippen LogP contribution in [-0.4, -0.2) is 16.1 Å². The molecule has 3 nitrogen and oxygen atoms in total. The van der Waals surface area contributed by atoms with Crippen molar-refractivity contribution in [2.75, 3.05) is 0 Å². The molecule has 2 rings (SSSR count). The predicted octanol–water partition coefficient (Wildman–Crippen LogP) is 1.26. The van der Waals surface area contributed by atoms with Crippen LogP contribution < -0.4 is 0 Å². The van der Waals surface area contributed by atoms with Crippen LogP contribution in [0.25, 0.3) is 10.9 Å². The zero-order valence-electron chi connectivity index (χ0n) is 6.19. The van der Waals surface area contributed by atoms with Crippen molar-refractivity contribution in [1.29, 1.82) is 0 Å². The molecule has 1 radical (unpaired) electrons. The number of rotatable bonds is 1. The highest BCUT2D eigenvalue weighted by Gasteiger charge is 2.05. The molecule has 0 aliphatic carbocycles. The second-order valence-electron chi connectivity index (χ2n) is 2.49. The fourth-order valence-corrected chi connectivity index (χ4v) is 1.24. The lowest BCUT2D eigenvalue weighted by Gasteiger charge is -1.92. The van der Waals surface area contributed by atoms with Gasteiger partial charge in [-0.2, -0.15) is 0 Å². The molecule has 0 aliphatic rings. The fourth-order valence-electron chi connectivity index (χ4n) is 1.24. The zero-order valence-corrected chi connectivity index (χ0v) is 6.19. The molecule has 0 saturated carbocycles. The fraction of sp³-hybridized carbons (Fsp3) is 0. The van der Waals surface area contributed by atoms with Crippen LogP contribution in [0.4, 0.5) is 0 Å². The standard InChI is InChI=1S/C9H6NO2/c11-6-10-8-4-2-1-3-7(8)5-9(10)12/h1-5,12H. The van der Waals surface area contributed by atoms with E-state index in [1.54, 1.807) is 18.5 Å². The van der Waals surface area contributed by atoms with Gasteiger partial charge in [-0.15, -0.1) is 0 Å². The molecule has 0 unspecified atom stereocenters. The van der Waals surface area contributed by atoms with Crippen molar-refractivity contribution in [2.24, 2.45) is 0 Å². The third-order valence-electron chi connectivity index (χ3n) is 1.78. The van der Waals surface area contributed by atoms with E-state index < -0.39 is 0 Å². The van der Waals surface area contributed by atoms with Gasteiger partial charge in [0.25, 0.3) is 0 Å². The van der Waals surface area contributed by atoms with Crippen molar-refractivity contribution in [1.82, 2.24) is 4.57 Å².